The molecule has 22 heavy (non-hydrogen) atoms. The van der Waals surface area contributed by atoms with Crippen LogP contribution in [-0.2, 0) is 11.3 Å². The molecule has 1 amide bonds. The van der Waals surface area contributed by atoms with Crippen molar-refractivity contribution in [3.63, 3.8) is 0 Å². The molecule has 2 aromatic rings. The van der Waals surface area contributed by atoms with Gasteiger partial charge in [-0.3, -0.25) is 4.79 Å². The molecule has 1 heterocycles. The number of rotatable bonds is 6. The second kappa shape index (κ2) is 7.11. The van der Waals surface area contributed by atoms with Gasteiger partial charge in [-0.15, -0.1) is 0 Å². The van der Waals surface area contributed by atoms with E-state index < -0.39 is 0 Å². The summed E-state index contributed by atoms with van der Waals surface area (Å²) in [5.41, 5.74) is 3.07. The van der Waals surface area contributed by atoms with Crippen molar-refractivity contribution in [2.45, 2.75) is 27.3 Å². The van der Waals surface area contributed by atoms with E-state index in [4.69, 9.17) is 0 Å². The fraction of sp³-hybridized carbons (Fsp3) is 0.412. The number of carbonyl (C=O) groups is 1. The minimum atomic E-state index is 0.0714. The summed E-state index contributed by atoms with van der Waals surface area (Å²) in [7, 11) is 2.03. The molecule has 0 unspecified atom stereocenters. The average molecular weight is 300 g/mol. The average Bonchev–Trinajstić information content (AvgIpc) is 2.97. The highest BCUT2D eigenvalue weighted by Gasteiger charge is 2.14. The van der Waals surface area contributed by atoms with Crippen LogP contribution in [0.5, 0.6) is 0 Å². The zero-order chi connectivity index (χ0) is 16.1. The molecule has 0 aliphatic rings. The van der Waals surface area contributed by atoms with Crippen molar-refractivity contribution in [3.8, 4) is 0 Å². The number of imidazole rings is 1. The van der Waals surface area contributed by atoms with Gasteiger partial charge >= 0.3 is 0 Å². The maximum Gasteiger partial charge on any atom is 0.223 e. The number of hydrogen-bond acceptors (Lipinski definition) is 3. The summed E-state index contributed by atoms with van der Waals surface area (Å²) in [6.45, 7) is 7.31. The van der Waals surface area contributed by atoms with Crippen LogP contribution in [0.4, 0.5) is 11.4 Å². The molecule has 0 aliphatic carbocycles. The van der Waals surface area contributed by atoms with Crippen molar-refractivity contribution in [2.24, 2.45) is 5.92 Å². The van der Waals surface area contributed by atoms with Gasteiger partial charge in [-0.05, 0) is 24.1 Å². The lowest BCUT2D eigenvalue weighted by Crippen LogP contribution is -2.32. The maximum atomic E-state index is 11.9. The van der Waals surface area contributed by atoms with E-state index in [0.29, 0.717) is 5.92 Å². The summed E-state index contributed by atoms with van der Waals surface area (Å²) in [5.74, 6) is 0.498. The largest absolute Gasteiger partial charge is 0.369 e. The third-order valence-electron chi connectivity index (χ3n) is 3.47. The van der Waals surface area contributed by atoms with E-state index >= 15 is 0 Å². The minimum absolute atomic E-state index is 0.0714. The molecule has 5 nitrogen and oxygen atoms in total. The molecule has 0 radical (unpaired) electrons. The van der Waals surface area contributed by atoms with Gasteiger partial charge in [0.1, 0.15) is 0 Å². The van der Waals surface area contributed by atoms with Crippen LogP contribution in [0.1, 0.15) is 26.5 Å². The van der Waals surface area contributed by atoms with E-state index in [0.717, 1.165) is 30.2 Å². The van der Waals surface area contributed by atoms with Crippen LogP contribution < -0.4 is 9.80 Å². The normalized spacial score (nSPS) is 10.8. The van der Waals surface area contributed by atoms with Crippen molar-refractivity contribution in [2.75, 3.05) is 23.4 Å². The van der Waals surface area contributed by atoms with Gasteiger partial charge in [-0.1, -0.05) is 19.9 Å². The van der Waals surface area contributed by atoms with Gasteiger partial charge in [0.2, 0.25) is 5.91 Å². The van der Waals surface area contributed by atoms with Crippen molar-refractivity contribution in [1.29, 1.82) is 0 Å². The zero-order valence-electron chi connectivity index (χ0n) is 13.7. The van der Waals surface area contributed by atoms with Crippen LogP contribution >= 0.6 is 0 Å². The topological polar surface area (TPSA) is 52.2 Å². The van der Waals surface area contributed by atoms with Gasteiger partial charge in [-0.2, -0.15) is 0 Å². The van der Waals surface area contributed by atoms with Crippen molar-refractivity contribution < 1.29 is 4.79 Å². The Hall–Kier alpha value is -2.30. The van der Waals surface area contributed by atoms with Crippen molar-refractivity contribution in [1.82, 2.24) is 9.97 Å². The Morgan fingerprint density at radius 3 is 2.64 bits per heavy atom. The first-order valence-corrected chi connectivity index (χ1v) is 7.54. The number of aromatic amines is 1. The summed E-state index contributed by atoms with van der Waals surface area (Å²) in [6.07, 6.45) is 3.50. The van der Waals surface area contributed by atoms with Crippen LogP contribution in [-0.4, -0.2) is 29.5 Å². The van der Waals surface area contributed by atoms with Crippen LogP contribution in [0, 0.1) is 5.92 Å². The second-order valence-corrected chi connectivity index (χ2v) is 5.98. The van der Waals surface area contributed by atoms with E-state index in [1.807, 2.05) is 36.3 Å². The molecule has 5 heteroatoms. The molecule has 2 rings (SSSR count). The molecule has 0 atom stereocenters. The number of aromatic nitrogens is 2. The first-order valence-electron chi connectivity index (χ1n) is 7.54. The Morgan fingerprint density at radius 2 is 2.05 bits per heavy atom. The molecule has 1 aromatic heterocycles. The van der Waals surface area contributed by atoms with Gasteiger partial charge in [0.15, 0.2) is 0 Å². The standard InChI is InChI=1S/C17H24N4O/c1-13(2)10-21(14(3)22)17-7-5-6-16(8-17)20(4)11-15-9-18-12-19-15/h5-9,12-13H,10-11H2,1-4H3,(H,18,19). The molecular formula is C17H24N4O. The summed E-state index contributed by atoms with van der Waals surface area (Å²) < 4.78 is 0. The predicted octanol–water partition coefficient (Wildman–Crippen LogP) is 3.06. The first-order chi connectivity index (χ1) is 10.5. The fourth-order valence-corrected chi connectivity index (χ4v) is 2.40. The Morgan fingerprint density at radius 1 is 1.32 bits per heavy atom. The smallest absolute Gasteiger partial charge is 0.223 e. The quantitative estimate of drug-likeness (QED) is 0.892. The van der Waals surface area contributed by atoms with Crippen molar-refractivity contribution in [3.05, 3.63) is 42.5 Å². The molecule has 0 saturated carbocycles. The number of nitrogens with zero attached hydrogens (tertiary/aromatic N) is 3. The van der Waals surface area contributed by atoms with E-state index in [1.54, 1.807) is 13.3 Å². The number of carbonyl (C=O) groups excluding carboxylic acids is 1. The first kappa shape index (κ1) is 16.1. The number of amides is 1. The number of benzene rings is 1. The number of nitrogens with one attached hydrogen (secondary N) is 1. The highest BCUT2D eigenvalue weighted by Crippen LogP contribution is 2.23. The second-order valence-electron chi connectivity index (χ2n) is 5.98. The minimum Gasteiger partial charge on any atom is -0.369 e. The SMILES string of the molecule is CC(=O)N(CC(C)C)c1cccc(N(C)Cc2cnc[nH]2)c1. The zero-order valence-corrected chi connectivity index (χ0v) is 13.7. The van der Waals surface area contributed by atoms with Crippen LogP contribution in [0.3, 0.4) is 0 Å². The molecule has 0 spiro atoms. The van der Waals surface area contributed by atoms with Gasteiger partial charge in [0.05, 0.1) is 18.6 Å². The highest BCUT2D eigenvalue weighted by molar-refractivity contribution is 5.92. The van der Waals surface area contributed by atoms with Crippen LogP contribution in [0.15, 0.2) is 36.8 Å². The third-order valence-corrected chi connectivity index (χ3v) is 3.47. The Bertz CT molecular complexity index is 607. The predicted molar refractivity (Wildman–Crippen MR) is 90.0 cm³/mol. The molecule has 118 valence electrons. The molecule has 0 bridgehead atoms. The fourth-order valence-electron chi connectivity index (χ4n) is 2.40. The lowest BCUT2D eigenvalue weighted by atomic mass is 10.1. The van der Waals surface area contributed by atoms with Gasteiger partial charge in [0, 0.05) is 38.1 Å². The van der Waals surface area contributed by atoms with E-state index in [9.17, 15) is 4.79 Å². The van der Waals surface area contributed by atoms with E-state index in [1.165, 1.54) is 0 Å². The highest BCUT2D eigenvalue weighted by atomic mass is 16.2. The molecule has 0 fully saturated rings. The van der Waals surface area contributed by atoms with Gasteiger partial charge in [-0.25, -0.2) is 4.98 Å². The Labute approximate surface area is 132 Å². The van der Waals surface area contributed by atoms with Crippen LogP contribution in [0.2, 0.25) is 0 Å². The molecule has 1 aromatic carbocycles. The summed E-state index contributed by atoms with van der Waals surface area (Å²) in [5, 5.41) is 0. The summed E-state index contributed by atoms with van der Waals surface area (Å²) >= 11 is 0. The lowest BCUT2D eigenvalue weighted by molar-refractivity contribution is -0.116. The van der Waals surface area contributed by atoms with Crippen LogP contribution in [0.25, 0.3) is 0 Å². The Kier molecular flexibility index (Phi) is 5.20. The molecule has 1 N–H and O–H groups in total. The summed E-state index contributed by atoms with van der Waals surface area (Å²) in [6, 6.07) is 8.08. The van der Waals surface area contributed by atoms with E-state index in [-0.39, 0.29) is 5.91 Å². The molecule has 0 aliphatic heterocycles. The molecular weight excluding hydrogens is 276 g/mol. The molecule has 0 saturated heterocycles. The number of H-pyrrole nitrogens is 1. The van der Waals surface area contributed by atoms with Gasteiger partial charge in [0.25, 0.3) is 0 Å². The number of anilines is 2. The van der Waals surface area contributed by atoms with Gasteiger partial charge < -0.3 is 14.8 Å². The third kappa shape index (κ3) is 4.10. The monoisotopic (exact) mass is 300 g/mol. The maximum absolute atomic E-state index is 11.9. The van der Waals surface area contributed by atoms with Crippen molar-refractivity contribution >= 4 is 17.3 Å². The summed E-state index contributed by atoms with van der Waals surface area (Å²) in [4.78, 5) is 23.0. The lowest BCUT2D eigenvalue weighted by Gasteiger charge is -2.25. The number of hydrogen-bond donors (Lipinski definition) is 1. The Balaban J connectivity index is 2.19. The van der Waals surface area contributed by atoms with E-state index in [2.05, 4.69) is 34.8 Å².